The molecule has 0 unspecified atom stereocenters. The molecule has 146 valence electrons. The summed E-state index contributed by atoms with van der Waals surface area (Å²) in [7, 11) is 0. The van der Waals surface area contributed by atoms with Gasteiger partial charge in [0.25, 0.3) is 0 Å². The van der Waals surface area contributed by atoms with Gasteiger partial charge in [-0.3, -0.25) is 0 Å². The van der Waals surface area contributed by atoms with Gasteiger partial charge in [0.15, 0.2) is 0 Å². The standard InChI is InChI=1S/C29H25N/c1-3-10-23(11-4-1)20-26-18-19-30(29(26)21-24-12-5-2-6-13-24)22-27-16-9-15-25-14-7-8-17-28(25)27/h1-19H,20-22H2. The molecular weight excluding hydrogens is 362 g/mol. The summed E-state index contributed by atoms with van der Waals surface area (Å²) in [6.07, 6.45) is 4.17. The van der Waals surface area contributed by atoms with Gasteiger partial charge >= 0.3 is 0 Å². The van der Waals surface area contributed by atoms with Crippen LogP contribution in [-0.4, -0.2) is 4.57 Å². The van der Waals surface area contributed by atoms with E-state index < -0.39 is 0 Å². The number of hydrogen-bond acceptors (Lipinski definition) is 0. The van der Waals surface area contributed by atoms with Crippen LogP contribution in [0.1, 0.15) is 27.9 Å². The number of nitrogens with zero attached hydrogens (tertiary/aromatic N) is 1. The molecule has 30 heavy (non-hydrogen) atoms. The van der Waals surface area contributed by atoms with E-state index >= 15 is 0 Å². The first kappa shape index (κ1) is 18.4. The second-order valence-corrected chi connectivity index (χ2v) is 7.88. The van der Waals surface area contributed by atoms with Gasteiger partial charge in [0.05, 0.1) is 0 Å². The third-order valence-corrected chi connectivity index (χ3v) is 5.85. The molecule has 1 heteroatoms. The van der Waals surface area contributed by atoms with Crippen molar-refractivity contribution in [2.75, 3.05) is 0 Å². The zero-order valence-electron chi connectivity index (χ0n) is 17.0. The van der Waals surface area contributed by atoms with Crippen LogP contribution in [0.3, 0.4) is 0 Å². The van der Waals surface area contributed by atoms with Crippen LogP contribution < -0.4 is 0 Å². The lowest BCUT2D eigenvalue weighted by atomic mass is 10.0. The van der Waals surface area contributed by atoms with E-state index in [9.17, 15) is 0 Å². The highest BCUT2D eigenvalue weighted by molar-refractivity contribution is 5.85. The fourth-order valence-electron chi connectivity index (χ4n) is 4.29. The van der Waals surface area contributed by atoms with E-state index in [1.807, 2.05) is 0 Å². The quantitative estimate of drug-likeness (QED) is 0.299. The minimum absolute atomic E-state index is 0.887. The average Bonchev–Trinajstić information content (AvgIpc) is 3.16. The monoisotopic (exact) mass is 387 g/mol. The van der Waals surface area contributed by atoms with Gasteiger partial charge in [-0.1, -0.05) is 103 Å². The first-order valence-corrected chi connectivity index (χ1v) is 10.6. The Balaban J connectivity index is 1.54. The smallest absolute Gasteiger partial charge is 0.0479 e. The van der Waals surface area contributed by atoms with Crippen LogP contribution in [0.25, 0.3) is 10.8 Å². The summed E-state index contributed by atoms with van der Waals surface area (Å²) in [5.41, 5.74) is 6.88. The molecule has 0 radical (unpaired) electrons. The molecule has 5 rings (SSSR count). The van der Waals surface area contributed by atoms with Crippen LogP contribution in [0.5, 0.6) is 0 Å². The van der Waals surface area contributed by atoms with E-state index in [1.54, 1.807) is 0 Å². The molecule has 0 saturated carbocycles. The molecule has 1 nitrogen and oxygen atoms in total. The lowest BCUT2D eigenvalue weighted by molar-refractivity contribution is 0.756. The molecule has 0 atom stereocenters. The van der Waals surface area contributed by atoms with E-state index in [4.69, 9.17) is 0 Å². The normalized spacial score (nSPS) is 11.1. The highest BCUT2D eigenvalue weighted by Crippen LogP contribution is 2.24. The second-order valence-electron chi connectivity index (χ2n) is 7.88. The molecule has 0 saturated heterocycles. The Bertz CT molecular complexity index is 1240. The van der Waals surface area contributed by atoms with E-state index in [-0.39, 0.29) is 0 Å². The largest absolute Gasteiger partial charge is 0.346 e. The summed E-state index contributed by atoms with van der Waals surface area (Å²) < 4.78 is 2.44. The zero-order chi connectivity index (χ0) is 20.2. The van der Waals surface area contributed by atoms with Gasteiger partial charge in [-0.15, -0.1) is 0 Å². The molecule has 0 amide bonds. The summed E-state index contributed by atoms with van der Waals surface area (Å²) in [4.78, 5) is 0. The van der Waals surface area contributed by atoms with Gasteiger partial charge in [-0.2, -0.15) is 0 Å². The van der Waals surface area contributed by atoms with Gasteiger partial charge in [-0.25, -0.2) is 0 Å². The van der Waals surface area contributed by atoms with Crippen LogP contribution in [0.2, 0.25) is 0 Å². The number of aromatic nitrogens is 1. The van der Waals surface area contributed by atoms with Crippen molar-refractivity contribution in [2.24, 2.45) is 0 Å². The molecule has 0 aliphatic carbocycles. The maximum absolute atomic E-state index is 2.44. The predicted octanol–water partition coefficient (Wildman–Crippen LogP) is 6.87. The highest BCUT2D eigenvalue weighted by atomic mass is 15.0. The molecule has 5 aromatic rings. The number of hydrogen-bond donors (Lipinski definition) is 0. The van der Waals surface area contributed by atoms with Crippen molar-refractivity contribution in [1.29, 1.82) is 0 Å². The maximum Gasteiger partial charge on any atom is 0.0479 e. The Labute approximate surface area is 178 Å². The molecule has 0 spiro atoms. The van der Waals surface area contributed by atoms with Crippen LogP contribution in [0, 0.1) is 0 Å². The first-order chi connectivity index (χ1) is 14.9. The zero-order valence-corrected chi connectivity index (χ0v) is 17.0. The van der Waals surface area contributed by atoms with Crippen molar-refractivity contribution in [3.05, 3.63) is 143 Å². The third kappa shape index (κ3) is 3.92. The topological polar surface area (TPSA) is 4.93 Å². The van der Waals surface area contributed by atoms with E-state index in [2.05, 4.69) is 120 Å². The third-order valence-electron chi connectivity index (χ3n) is 5.85. The second kappa shape index (κ2) is 8.42. The molecular formula is C29H25N. The van der Waals surface area contributed by atoms with Crippen molar-refractivity contribution in [2.45, 2.75) is 19.4 Å². The van der Waals surface area contributed by atoms with Crippen molar-refractivity contribution in [1.82, 2.24) is 4.57 Å². The van der Waals surface area contributed by atoms with Crippen LogP contribution in [0.4, 0.5) is 0 Å². The molecule has 4 aromatic carbocycles. The molecule has 0 N–H and O–H groups in total. The van der Waals surface area contributed by atoms with Gasteiger partial charge in [0.2, 0.25) is 0 Å². The van der Waals surface area contributed by atoms with E-state index in [0.29, 0.717) is 0 Å². The Kier molecular flexibility index (Phi) is 5.18. The SMILES string of the molecule is c1ccc(Cc2ccn(Cc3cccc4ccccc34)c2Cc2ccccc2)cc1. The van der Waals surface area contributed by atoms with Gasteiger partial charge in [0, 0.05) is 24.9 Å². The highest BCUT2D eigenvalue weighted by Gasteiger charge is 2.12. The minimum Gasteiger partial charge on any atom is -0.346 e. The van der Waals surface area contributed by atoms with Crippen LogP contribution >= 0.6 is 0 Å². The Morgan fingerprint density at radius 1 is 0.500 bits per heavy atom. The molecule has 0 bridgehead atoms. The minimum atomic E-state index is 0.887. The van der Waals surface area contributed by atoms with Crippen molar-refractivity contribution >= 4 is 10.8 Å². The number of fused-ring (bicyclic) bond motifs is 1. The summed E-state index contributed by atoms with van der Waals surface area (Å²) in [6, 6.07) is 39.2. The predicted molar refractivity (Wildman–Crippen MR) is 126 cm³/mol. The Hall–Kier alpha value is -3.58. The molecule has 1 heterocycles. The van der Waals surface area contributed by atoms with Gasteiger partial charge in [0.1, 0.15) is 0 Å². The fourth-order valence-corrected chi connectivity index (χ4v) is 4.29. The van der Waals surface area contributed by atoms with Gasteiger partial charge in [-0.05, 0) is 45.5 Å². The maximum atomic E-state index is 2.44. The molecule has 0 aliphatic heterocycles. The molecule has 1 aromatic heterocycles. The van der Waals surface area contributed by atoms with E-state index in [1.165, 1.54) is 38.7 Å². The number of benzene rings is 4. The Morgan fingerprint density at radius 2 is 1.13 bits per heavy atom. The Morgan fingerprint density at radius 3 is 1.90 bits per heavy atom. The number of rotatable bonds is 6. The lowest BCUT2D eigenvalue weighted by Gasteiger charge is -2.14. The lowest BCUT2D eigenvalue weighted by Crippen LogP contribution is -2.07. The summed E-state index contributed by atoms with van der Waals surface area (Å²) in [6.45, 7) is 0.887. The van der Waals surface area contributed by atoms with Gasteiger partial charge < -0.3 is 4.57 Å². The summed E-state index contributed by atoms with van der Waals surface area (Å²) >= 11 is 0. The van der Waals surface area contributed by atoms with Crippen LogP contribution in [-0.2, 0) is 19.4 Å². The van der Waals surface area contributed by atoms with Crippen molar-refractivity contribution < 1.29 is 0 Å². The van der Waals surface area contributed by atoms with Crippen LogP contribution in [0.15, 0.2) is 115 Å². The average molecular weight is 388 g/mol. The fraction of sp³-hybridized carbons (Fsp3) is 0.103. The summed E-state index contributed by atoms with van der Waals surface area (Å²) in [5.74, 6) is 0. The van der Waals surface area contributed by atoms with Crippen molar-refractivity contribution in [3.8, 4) is 0 Å². The van der Waals surface area contributed by atoms with Crippen molar-refractivity contribution in [3.63, 3.8) is 0 Å². The summed E-state index contributed by atoms with van der Waals surface area (Å²) in [5, 5.41) is 2.64. The molecule has 0 fully saturated rings. The first-order valence-electron chi connectivity index (χ1n) is 10.6. The van der Waals surface area contributed by atoms with E-state index in [0.717, 1.165) is 19.4 Å². The molecule has 0 aliphatic rings.